The molecule has 15 heavy (non-hydrogen) atoms. The molecule has 0 aliphatic heterocycles. The predicted octanol–water partition coefficient (Wildman–Crippen LogP) is 5.62. The summed E-state index contributed by atoms with van der Waals surface area (Å²) in [4.78, 5) is 0. The van der Waals surface area contributed by atoms with Crippen LogP contribution < -0.4 is 0 Å². The van der Waals surface area contributed by atoms with Gasteiger partial charge in [0.25, 0.3) is 0 Å². The van der Waals surface area contributed by atoms with Crippen LogP contribution in [-0.2, 0) is 0 Å². The smallest absolute Gasteiger partial charge is 0.0411 e. The fourth-order valence-electron chi connectivity index (χ4n) is 1.87. The first-order chi connectivity index (χ1) is 7.56. The highest BCUT2D eigenvalue weighted by atomic mass is 32.1. The van der Waals surface area contributed by atoms with E-state index in [9.17, 15) is 0 Å². The second-order valence-corrected chi connectivity index (χ2v) is 5.43. The molecule has 0 bridgehead atoms. The van der Waals surface area contributed by atoms with Crippen LogP contribution in [0.15, 0.2) is 0 Å². The van der Waals surface area contributed by atoms with Crippen molar-refractivity contribution in [3.63, 3.8) is 0 Å². The molecule has 0 heterocycles. The second-order valence-electron chi connectivity index (χ2n) is 4.67. The van der Waals surface area contributed by atoms with E-state index in [1.807, 2.05) is 6.92 Å². The highest BCUT2D eigenvalue weighted by Crippen LogP contribution is 2.12. The van der Waals surface area contributed by atoms with Gasteiger partial charge in [0, 0.05) is 1.37 Å². The van der Waals surface area contributed by atoms with Crippen molar-refractivity contribution in [1.29, 1.82) is 0 Å². The molecule has 0 nitrogen and oxygen atoms in total. The molecule has 0 aromatic rings. The molecule has 0 rings (SSSR count). The van der Waals surface area contributed by atoms with Crippen LogP contribution in [0.4, 0.5) is 0 Å². The quantitative estimate of drug-likeness (QED) is 0.346. The van der Waals surface area contributed by atoms with Gasteiger partial charge in [0.15, 0.2) is 0 Å². The molecule has 1 heteroatoms. The lowest BCUT2D eigenvalue weighted by molar-refractivity contribution is 0.549. The summed E-state index contributed by atoms with van der Waals surface area (Å²) in [6.07, 6.45) is 14.5. The zero-order valence-electron chi connectivity index (χ0n) is 11.7. The molecule has 0 saturated heterocycles. The first-order valence-electron chi connectivity index (χ1n) is 7.28. The molecule has 0 fully saturated rings. The highest BCUT2D eigenvalue weighted by Gasteiger charge is 1.95. The van der Waals surface area contributed by atoms with Crippen molar-refractivity contribution in [2.75, 3.05) is 0 Å². The minimum atomic E-state index is -0.514. The first kappa shape index (κ1) is 13.4. The molecule has 1 unspecified atom stereocenters. The third-order valence-electron chi connectivity index (χ3n) is 2.89. The lowest BCUT2D eigenvalue weighted by atomic mass is 10.1. The Balaban J connectivity index is 2.99. The van der Waals surface area contributed by atoms with E-state index in [2.05, 4.69) is 19.6 Å². The summed E-state index contributed by atoms with van der Waals surface area (Å²) in [6, 6.07) is 0. The normalized spacial score (nSPS) is 16.1. The van der Waals surface area contributed by atoms with Crippen LogP contribution in [-0.4, -0.2) is 5.23 Å². The van der Waals surface area contributed by atoms with E-state index in [1.165, 1.54) is 64.2 Å². The van der Waals surface area contributed by atoms with Gasteiger partial charge in [-0.25, -0.2) is 0 Å². The Hall–Kier alpha value is 0.350. The summed E-state index contributed by atoms with van der Waals surface area (Å²) in [5.74, 6) is 0. The molecule has 0 spiro atoms. The maximum Gasteiger partial charge on any atom is 0.0411 e. The van der Waals surface area contributed by atoms with Crippen molar-refractivity contribution >= 4 is 12.6 Å². The van der Waals surface area contributed by atoms with Crippen molar-refractivity contribution in [3.8, 4) is 0 Å². The fraction of sp³-hybridized carbons (Fsp3) is 1.00. The van der Waals surface area contributed by atoms with E-state index >= 15 is 0 Å². The van der Waals surface area contributed by atoms with Crippen molar-refractivity contribution < 1.29 is 1.37 Å². The van der Waals surface area contributed by atoms with Crippen LogP contribution in [0.1, 0.15) is 85.8 Å². The van der Waals surface area contributed by atoms with Gasteiger partial charge in [-0.3, -0.25) is 0 Å². The first-order valence-corrected chi connectivity index (χ1v) is 7.23. The van der Waals surface area contributed by atoms with E-state index in [0.29, 0.717) is 0 Å². The summed E-state index contributed by atoms with van der Waals surface area (Å²) < 4.78 is 7.61. The molecular formula is C14H30S. The van der Waals surface area contributed by atoms with Crippen LogP contribution >= 0.6 is 12.6 Å². The van der Waals surface area contributed by atoms with Crippen molar-refractivity contribution in [2.24, 2.45) is 0 Å². The van der Waals surface area contributed by atoms with E-state index in [-0.39, 0.29) is 0 Å². The molecule has 0 saturated carbocycles. The highest BCUT2D eigenvalue weighted by molar-refractivity contribution is 7.80. The molecular weight excluding hydrogens is 200 g/mol. The zero-order valence-corrected chi connectivity index (χ0v) is 11.6. The molecule has 0 aromatic carbocycles. The number of hydrogen-bond donors (Lipinski definition) is 1. The maximum absolute atomic E-state index is 7.61. The number of hydrogen-bond acceptors (Lipinski definition) is 1. The molecule has 92 valence electrons. The Bertz CT molecular complexity index is 140. The largest absolute Gasteiger partial charge is 0.176 e. The Kier molecular flexibility index (Phi) is 11.1. The van der Waals surface area contributed by atoms with Crippen LogP contribution in [0, 0.1) is 0 Å². The van der Waals surface area contributed by atoms with Crippen molar-refractivity contribution in [1.82, 2.24) is 0 Å². The average molecular weight is 231 g/mol. The molecule has 0 aliphatic carbocycles. The lowest BCUT2D eigenvalue weighted by Crippen LogP contribution is -1.90. The standard InChI is InChI=1S/C14H30S/c1-3-4-5-6-7-8-9-10-11-12-13-14(2)15/h14-15H,3-13H2,1-2H3/i14D. The lowest BCUT2D eigenvalue weighted by Gasteiger charge is -2.04. The molecule has 0 aliphatic rings. The van der Waals surface area contributed by atoms with Gasteiger partial charge in [-0.15, -0.1) is 0 Å². The number of thiol groups is 1. The van der Waals surface area contributed by atoms with Gasteiger partial charge in [0.1, 0.15) is 0 Å². The van der Waals surface area contributed by atoms with Gasteiger partial charge in [-0.2, -0.15) is 12.6 Å². The van der Waals surface area contributed by atoms with Gasteiger partial charge in [-0.1, -0.05) is 78.1 Å². The Labute approximate surface area is 104 Å². The Morgan fingerprint density at radius 3 is 1.67 bits per heavy atom. The fourth-order valence-corrected chi connectivity index (χ4v) is 2.03. The molecule has 0 radical (unpaired) electrons. The van der Waals surface area contributed by atoms with E-state index in [4.69, 9.17) is 1.37 Å². The summed E-state index contributed by atoms with van der Waals surface area (Å²) in [5.41, 5.74) is 0. The summed E-state index contributed by atoms with van der Waals surface area (Å²) in [7, 11) is 0. The summed E-state index contributed by atoms with van der Waals surface area (Å²) >= 11 is 4.21. The molecule has 0 N–H and O–H groups in total. The maximum atomic E-state index is 7.61. The third-order valence-corrected chi connectivity index (χ3v) is 3.12. The number of rotatable bonds is 11. The van der Waals surface area contributed by atoms with Crippen LogP contribution in [0.2, 0.25) is 0 Å². The SMILES string of the molecule is [2H]C(C)(S)CCCCCCCCCCCC. The van der Waals surface area contributed by atoms with Crippen molar-refractivity contribution in [2.45, 2.75) is 89.7 Å². The van der Waals surface area contributed by atoms with Gasteiger partial charge in [0.05, 0.1) is 0 Å². The topological polar surface area (TPSA) is 0 Å². The van der Waals surface area contributed by atoms with Crippen LogP contribution in [0.25, 0.3) is 0 Å². The average Bonchev–Trinajstić information content (AvgIpc) is 2.19. The zero-order chi connectivity index (χ0) is 12.3. The van der Waals surface area contributed by atoms with Crippen molar-refractivity contribution in [3.05, 3.63) is 0 Å². The van der Waals surface area contributed by atoms with Crippen LogP contribution in [0.3, 0.4) is 0 Å². The van der Waals surface area contributed by atoms with Gasteiger partial charge < -0.3 is 0 Å². The second kappa shape index (κ2) is 12.4. The minimum absolute atomic E-state index is 0.514. The van der Waals surface area contributed by atoms with E-state index < -0.39 is 5.23 Å². The summed E-state index contributed by atoms with van der Waals surface area (Å²) in [5, 5.41) is -0.514. The predicted molar refractivity (Wildman–Crippen MR) is 74.9 cm³/mol. The minimum Gasteiger partial charge on any atom is -0.176 e. The van der Waals surface area contributed by atoms with Gasteiger partial charge in [-0.05, 0) is 11.6 Å². The molecule has 0 amide bonds. The third kappa shape index (κ3) is 14.4. The molecule has 1 atom stereocenters. The Morgan fingerprint density at radius 1 is 0.867 bits per heavy atom. The monoisotopic (exact) mass is 231 g/mol. The van der Waals surface area contributed by atoms with Crippen LogP contribution in [0.5, 0.6) is 0 Å². The van der Waals surface area contributed by atoms with E-state index in [1.54, 1.807) is 0 Å². The van der Waals surface area contributed by atoms with Gasteiger partial charge >= 0.3 is 0 Å². The van der Waals surface area contributed by atoms with Gasteiger partial charge in [0.2, 0.25) is 0 Å². The summed E-state index contributed by atoms with van der Waals surface area (Å²) in [6.45, 7) is 4.14. The molecule has 0 aromatic heterocycles. The Morgan fingerprint density at radius 2 is 1.27 bits per heavy atom. The van der Waals surface area contributed by atoms with E-state index in [0.717, 1.165) is 6.42 Å². The number of unbranched alkanes of at least 4 members (excludes halogenated alkanes) is 9.